The van der Waals surface area contributed by atoms with Crippen molar-refractivity contribution in [3.05, 3.63) is 48.3 Å². The van der Waals surface area contributed by atoms with Crippen LogP contribution in [0.3, 0.4) is 0 Å². The molecule has 0 radical (unpaired) electrons. The molecule has 1 aliphatic carbocycles. The second-order valence-corrected chi connectivity index (χ2v) is 7.68. The first-order valence-electron chi connectivity index (χ1n) is 10.2. The monoisotopic (exact) mass is 431 g/mol. The van der Waals surface area contributed by atoms with Gasteiger partial charge in [0.05, 0.1) is 12.4 Å². The first-order valence-corrected chi connectivity index (χ1v) is 10.2. The minimum atomic E-state index is -0.518. The molecular weight excluding hydrogens is 408 g/mol. The van der Waals surface area contributed by atoms with E-state index in [0.717, 1.165) is 25.2 Å². The van der Waals surface area contributed by atoms with Crippen LogP contribution in [0.2, 0.25) is 0 Å². The molecule has 1 aromatic carbocycles. The van der Waals surface area contributed by atoms with E-state index < -0.39 is 5.82 Å². The molecule has 1 saturated heterocycles. The number of amides is 3. The Morgan fingerprint density at radius 2 is 1.71 bits per heavy atom. The van der Waals surface area contributed by atoms with Crippen LogP contribution in [0.5, 0.6) is 6.01 Å². The van der Waals surface area contributed by atoms with Gasteiger partial charge in [-0.3, -0.25) is 9.69 Å². The largest absolute Gasteiger partial charge is 0.460 e. The molecule has 3 amide bonds. The summed E-state index contributed by atoms with van der Waals surface area (Å²) < 4.78 is 31.6. The molecule has 0 unspecified atom stereocenters. The minimum absolute atomic E-state index is 0.00685. The molecule has 2 aliphatic rings. The predicted octanol–water partition coefficient (Wildman–Crippen LogP) is 2.50. The number of hydrogen-bond acceptors (Lipinski definition) is 5. The van der Waals surface area contributed by atoms with Gasteiger partial charge in [-0.25, -0.2) is 23.5 Å². The highest BCUT2D eigenvalue weighted by Gasteiger charge is 2.32. The molecular formula is C21H23F2N5O3. The summed E-state index contributed by atoms with van der Waals surface area (Å²) in [5, 5.41) is 2.98. The summed E-state index contributed by atoms with van der Waals surface area (Å²) in [7, 11) is 0. The number of nitrogens with one attached hydrogen (secondary N) is 1. The number of anilines is 1. The predicted molar refractivity (Wildman–Crippen MR) is 108 cm³/mol. The Kier molecular flexibility index (Phi) is 6.24. The van der Waals surface area contributed by atoms with Crippen LogP contribution in [0.25, 0.3) is 0 Å². The first-order chi connectivity index (χ1) is 15.0. The Hall–Kier alpha value is -3.30. The Labute approximate surface area is 178 Å². The average molecular weight is 431 g/mol. The SMILES string of the molecule is O=C(CN1CCN(c2ccc(F)cc2)C1=O)NC1CCC(Oc2ncc(F)cn2)CC1. The highest BCUT2D eigenvalue weighted by atomic mass is 19.1. The Morgan fingerprint density at radius 3 is 2.39 bits per heavy atom. The van der Waals surface area contributed by atoms with Crippen LogP contribution in [-0.4, -0.2) is 58.6 Å². The molecule has 1 saturated carbocycles. The third-order valence-corrected chi connectivity index (χ3v) is 5.48. The summed E-state index contributed by atoms with van der Waals surface area (Å²) >= 11 is 0. The van der Waals surface area contributed by atoms with Gasteiger partial charge in [0.25, 0.3) is 0 Å². The van der Waals surface area contributed by atoms with Crippen molar-refractivity contribution in [3.63, 3.8) is 0 Å². The van der Waals surface area contributed by atoms with Crippen molar-refractivity contribution in [2.24, 2.45) is 0 Å². The highest BCUT2D eigenvalue weighted by Crippen LogP contribution is 2.23. The first kappa shape index (κ1) is 21.0. The molecule has 1 aromatic heterocycles. The molecule has 1 N–H and O–H groups in total. The van der Waals surface area contributed by atoms with E-state index in [4.69, 9.17) is 4.74 Å². The molecule has 0 spiro atoms. The number of halogens is 2. The van der Waals surface area contributed by atoms with Crippen molar-refractivity contribution in [1.29, 1.82) is 0 Å². The molecule has 2 fully saturated rings. The van der Waals surface area contributed by atoms with Gasteiger partial charge in [0.1, 0.15) is 18.5 Å². The van der Waals surface area contributed by atoms with Gasteiger partial charge in [-0.2, -0.15) is 0 Å². The normalized spacial score (nSPS) is 21.3. The molecule has 10 heteroatoms. The average Bonchev–Trinajstić information content (AvgIpc) is 3.12. The fourth-order valence-corrected chi connectivity index (χ4v) is 3.87. The maximum Gasteiger partial charge on any atom is 0.325 e. The van der Waals surface area contributed by atoms with Gasteiger partial charge in [-0.05, 0) is 49.9 Å². The number of hydrogen-bond donors (Lipinski definition) is 1. The Bertz CT molecular complexity index is 918. The van der Waals surface area contributed by atoms with E-state index in [2.05, 4.69) is 15.3 Å². The molecule has 0 atom stereocenters. The highest BCUT2D eigenvalue weighted by molar-refractivity contribution is 5.96. The van der Waals surface area contributed by atoms with Crippen LogP contribution in [0, 0.1) is 11.6 Å². The second kappa shape index (κ2) is 9.23. The number of nitrogens with zero attached hydrogens (tertiary/aromatic N) is 4. The van der Waals surface area contributed by atoms with E-state index in [-0.39, 0.29) is 42.5 Å². The quantitative estimate of drug-likeness (QED) is 0.760. The van der Waals surface area contributed by atoms with Gasteiger partial charge in [-0.15, -0.1) is 0 Å². The topological polar surface area (TPSA) is 87.7 Å². The van der Waals surface area contributed by atoms with Gasteiger partial charge in [-0.1, -0.05) is 0 Å². The van der Waals surface area contributed by atoms with Crippen LogP contribution in [0.1, 0.15) is 25.7 Å². The van der Waals surface area contributed by atoms with E-state index in [1.165, 1.54) is 21.9 Å². The van der Waals surface area contributed by atoms with Gasteiger partial charge in [0.15, 0.2) is 5.82 Å². The van der Waals surface area contributed by atoms with Crippen molar-refractivity contribution < 1.29 is 23.1 Å². The van der Waals surface area contributed by atoms with Crippen LogP contribution in [0.15, 0.2) is 36.7 Å². The Balaban J connectivity index is 1.21. The van der Waals surface area contributed by atoms with Crippen LogP contribution in [0.4, 0.5) is 19.3 Å². The van der Waals surface area contributed by atoms with E-state index in [0.29, 0.717) is 31.6 Å². The molecule has 1 aliphatic heterocycles. The summed E-state index contributed by atoms with van der Waals surface area (Å²) in [6.45, 7) is 0.865. The van der Waals surface area contributed by atoms with Crippen LogP contribution in [-0.2, 0) is 4.79 Å². The Morgan fingerprint density at radius 1 is 1.03 bits per heavy atom. The zero-order valence-electron chi connectivity index (χ0n) is 16.8. The summed E-state index contributed by atoms with van der Waals surface area (Å²) in [5.74, 6) is -1.09. The number of urea groups is 1. The molecule has 31 heavy (non-hydrogen) atoms. The maximum absolute atomic E-state index is 13.1. The molecule has 4 rings (SSSR count). The van der Waals surface area contributed by atoms with E-state index in [1.807, 2.05) is 0 Å². The number of carbonyl (C=O) groups excluding carboxylic acids is 2. The lowest BCUT2D eigenvalue weighted by Gasteiger charge is -2.29. The maximum atomic E-state index is 13.1. The lowest BCUT2D eigenvalue weighted by molar-refractivity contribution is -0.122. The molecule has 2 aromatic rings. The molecule has 164 valence electrons. The number of carbonyl (C=O) groups is 2. The molecule has 8 nitrogen and oxygen atoms in total. The van der Waals surface area contributed by atoms with Gasteiger partial charge < -0.3 is 15.0 Å². The smallest absolute Gasteiger partial charge is 0.325 e. The van der Waals surface area contributed by atoms with Crippen molar-refractivity contribution >= 4 is 17.6 Å². The van der Waals surface area contributed by atoms with Gasteiger partial charge in [0.2, 0.25) is 5.91 Å². The number of aromatic nitrogens is 2. The number of benzene rings is 1. The fraction of sp³-hybridized carbons (Fsp3) is 0.429. The summed E-state index contributed by atoms with van der Waals surface area (Å²) in [6, 6.07) is 5.60. The minimum Gasteiger partial charge on any atom is -0.460 e. The van der Waals surface area contributed by atoms with Crippen LogP contribution >= 0.6 is 0 Å². The third kappa shape index (κ3) is 5.25. The second-order valence-electron chi connectivity index (χ2n) is 7.68. The van der Waals surface area contributed by atoms with Crippen molar-refractivity contribution in [1.82, 2.24) is 20.2 Å². The van der Waals surface area contributed by atoms with E-state index in [1.54, 1.807) is 12.1 Å². The fourth-order valence-electron chi connectivity index (χ4n) is 3.87. The molecule has 2 heterocycles. The standard InChI is InChI=1S/C21H23F2N5O3/c22-14-1-5-17(6-2-14)28-10-9-27(21(28)30)13-19(29)26-16-3-7-18(8-4-16)31-20-24-11-15(23)12-25-20/h1-2,5-6,11-12,16,18H,3-4,7-10,13H2,(H,26,29). The van der Waals surface area contributed by atoms with Crippen molar-refractivity contribution in [2.45, 2.75) is 37.8 Å². The lowest BCUT2D eigenvalue weighted by atomic mass is 9.93. The van der Waals surface area contributed by atoms with Gasteiger partial charge in [0, 0.05) is 24.8 Å². The third-order valence-electron chi connectivity index (χ3n) is 5.48. The van der Waals surface area contributed by atoms with Crippen molar-refractivity contribution in [2.75, 3.05) is 24.5 Å². The lowest BCUT2D eigenvalue weighted by Crippen LogP contribution is -2.45. The molecule has 0 bridgehead atoms. The van der Waals surface area contributed by atoms with Crippen LogP contribution < -0.4 is 15.0 Å². The van der Waals surface area contributed by atoms with E-state index >= 15 is 0 Å². The summed E-state index contributed by atoms with van der Waals surface area (Å²) in [6.07, 6.45) is 4.93. The number of rotatable bonds is 6. The zero-order chi connectivity index (χ0) is 21.8. The van der Waals surface area contributed by atoms with E-state index in [9.17, 15) is 18.4 Å². The van der Waals surface area contributed by atoms with Gasteiger partial charge >= 0.3 is 12.0 Å². The zero-order valence-corrected chi connectivity index (χ0v) is 16.8. The summed E-state index contributed by atoms with van der Waals surface area (Å²) in [5.41, 5.74) is 0.609. The number of ether oxygens (including phenoxy) is 1. The van der Waals surface area contributed by atoms with Crippen molar-refractivity contribution in [3.8, 4) is 6.01 Å². The summed E-state index contributed by atoms with van der Waals surface area (Å²) in [4.78, 5) is 35.6.